The van der Waals surface area contributed by atoms with Crippen molar-refractivity contribution in [3.05, 3.63) is 87.3 Å². The van der Waals surface area contributed by atoms with Gasteiger partial charge in [0.05, 0.1) is 20.8 Å². The fourth-order valence-corrected chi connectivity index (χ4v) is 4.46. The van der Waals surface area contributed by atoms with Crippen LogP contribution >= 0.6 is 0 Å². The standard InChI is InChI=1S/C27H30FN3O5/c1-34-23-8-7-20(15-21(23)28)18-30-11-9-22-26(27(33)35-2)24(16-25(32)31(22)13-12-30)36-14-4-6-19-5-3-10-29-17-19/h3,5,7-8,10,15-17H,4,6,9,11-14,18H2,1-2H3. The van der Waals surface area contributed by atoms with Crippen LogP contribution in [0.5, 0.6) is 11.5 Å². The van der Waals surface area contributed by atoms with Crippen LogP contribution in [0, 0.1) is 5.82 Å². The summed E-state index contributed by atoms with van der Waals surface area (Å²) in [5.41, 5.74) is 2.55. The molecule has 0 bridgehead atoms. The van der Waals surface area contributed by atoms with E-state index in [2.05, 4.69) is 9.88 Å². The van der Waals surface area contributed by atoms with E-state index >= 15 is 0 Å². The molecule has 0 N–H and O–H groups in total. The van der Waals surface area contributed by atoms with Gasteiger partial charge in [-0.2, -0.15) is 0 Å². The lowest BCUT2D eigenvalue weighted by molar-refractivity contribution is 0.0593. The Morgan fingerprint density at radius 2 is 1.94 bits per heavy atom. The zero-order valence-electron chi connectivity index (χ0n) is 20.5. The van der Waals surface area contributed by atoms with Gasteiger partial charge in [0, 0.05) is 56.8 Å². The molecule has 3 heterocycles. The Morgan fingerprint density at radius 3 is 2.67 bits per heavy atom. The third kappa shape index (κ3) is 5.91. The lowest BCUT2D eigenvalue weighted by atomic mass is 10.1. The molecule has 3 aromatic rings. The van der Waals surface area contributed by atoms with Crippen molar-refractivity contribution < 1.29 is 23.4 Å². The number of benzene rings is 1. The van der Waals surface area contributed by atoms with E-state index in [4.69, 9.17) is 14.2 Å². The summed E-state index contributed by atoms with van der Waals surface area (Å²) in [6.07, 6.45) is 5.46. The van der Waals surface area contributed by atoms with Crippen molar-refractivity contribution >= 4 is 5.97 Å². The van der Waals surface area contributed by atoms with Crippen LogP contribution in [0.25, 0.3) is 0 Å². The third-order valence-corrected chi connectivity index (χ3v) is 6.29. The van der Waals surface area contributed by atoms with E-state index in [-0.39, 0.29) is 22.6 Å². The fraction of sp³-hybridized carbons (Fsp3) is 0.370. The summed E-state index contributed by atoms with van der Waals surface area (Å²) in [4.78, 5) is 32.0. The molecule has 36 heavy (non-hydrogen) atoms. The number of hydrogen-bond donors (Lipinski definition) is 0. The zero-order chi connectivity index (χ0) is 25.5. The summed E-state index contributed by atoms with van der Waals surface area (Å²) in [5.74, 6) is -0.506. The van der Waals surface area contributed by atoms with Crippen molar-refractivity contribution in [1.82, 2.24) is 14.5 Å². The summed E-state index contributed by atoms with van der Waals surface area (Å²) >= 11 is 0. The quantitative estimate of drug-likeness (QED) is 0.333. The minimum absolute atomic E-state index is 0.198. The minimum Gasteiger partial charge on any atom is -0.494 e. The number of pyridine rings is 2. The maximum absolute atomic E-state index is 14.1. The number of ether oxygens (including phenoxy) is 3. The molecule has 0 unspecified atom stereocenters. The number of carbonyl (C=O) groups is 1. The lowest BCUT2D eigenvalue weighted by Gasteiger charge is -2.19. The number of carbonyl (C=O) groups excluding carboxylic acids is 1. The number of aryl methyl sites for hydroxylation is 1. The van der Waals surface area contributed by atoms with E-state index in [1.54, 1.807) is 23.0 Å². The van der Waals surface area contributed by atoms with Crippen molar-refractivity contribution in [2.45, 2.75) is 32.4 Å². The molecule has 8 nitrogen and oxygen atoms in total. The maximum Gasteiger partial charge on any atom is 0.343 e. The normalized spacial score (nSPS) is 13.5. The highest BCUT2D eigenvalue weighted by molar-refractivity contribution is 5.93. The second kappa shape index (κ2) is 11.8. The Kier molecular flexibility index (Phi) is 8.32. The summed E-state index contributed by atoms with van der Waals surface area (Å²) in [5, 5.41) is 0. The number of rotatable bonds is 9. The number of aromatic nitrogens is 2. The van der Waals surface area contributed by atoms with Crippen LogP contribution in [0.1, 0.15) is 33.6 Å². The number of nitrogens with zero attached hydrogens (tertiary/aromatic N) is 3. The third-order valence-electron chi connectivity index (χ3n) is 6.29. The summed E-state index contributed by atoms with van der Waals surface area (Å²) < 4.78 is 31.7. The Balaban J connectivity index is 1.50. The Bertz CT molecular complexity index is 1260. The highest BCUT2D eigenvalue weighted by Crippen LogP contribution is 2.25. The number of hydrogen-bond acceptors (Lipinski definition) is 7. The van der Waals surface area contributed by atoms with Crippen molar-refractivity contribution in [3.63, 3.8) is 0 Å². The molecule has 0 fully saturated rings. The van der Waals surface area contributed by atoms with E-state index in [1.807, 2.05) is 18.2 Å². The first kappa shape index (κ1) is 25.4. The number of halogens is 1. The second-order valence-corrected chi connectivity index (χ2v) is 8.62. The van der Waals surface area contributed by atoms with E-state index in [9.17, 15) is 14.0 Å². The van der Waals surface area contributed by atoms with Crippen molar-refractivity contribution in [2.24, 2.45) is 0 Å². The van der Waals surface area contributed by atoms with Gasteiger partial charge >= 0.3 is 5.97 Å². The highest BCUT2D eigenvalue weighted by atomic mass is 19.1. The van der Waals surface area contributed by atoms with Gasteiger partial charge in [-0.25, -0.2) is 9.18 Å². The Hall–Kier alpha value is -3.72. The van der Waals surface area contributed by atoms with Gasteiger partial charge in [0.2, 0.25) is 0 Å². The number of fused-ring (bicyclic) bond motifs is 1. The van der Waals surface area contributed by atoms with E-state index in [0.29, 0.717) is 51.3 Å². The van der Waals surface area contributed by atoms with Gasteiger partial charge in [-0.15, -0.1) is 0 Å². The smallest absolute Gasteiger partial charge is 0.343 e. The number of methoxy groups -OCH3 is 2. The predicted octanol–water partition coefficient (Wildman–Crippen LogP) is 3.25. The largest absolute Gasteiger partial charge is 0.494 e. The fourth-order valence-electron chi connectivity index (χ4n) is 4.46. The first-order valence-electron chi connectivity index (χ1n) is 11.9. The molecule has 9 heteroatoms. The van der Waals surface area contributed by atoms with Gasteiger partial charge in [-0.1, -0.05) is 12.1 Å². The summed E-state index contributed by atoms with van der Waals surface area (Å²) in [6, 6.07) is 10.1. The van der Waals surface area contributed by atoms with Crippen molar-refractivity contribution in [3.8, 4) is 11.5 Å². The molecule has 0 aliphatic carbocycles. The molecular weight excluding hydrogens is 465 g/mol. The molecule has 0 radical (unpaired) electrons. The van der Waals surface area contributed by atoms with Gasteiger partial charge in [-0.05, 0) is 42.2 Å². The topological polar surface area (TPSA) is 82.9 Å². The van der Waals surface area contributed by atoms with E-state index in [0.717, 1.165) is 17.5 Å². The van der Waals surface area contributed by atoms with Crippen LogP contribution in [-0.4, -0.2) is 54.3 Å². The minimum atomic E-state index is -0.535. The average molecular weight is 496 g/mol. The lowest BCUT2D eigenvalue weighted by Crippen LogP contribution is -2.29. The molecule has 0 saturated carbocycles. The van der Waals surface area contributed by atoms with Crippen molar-refractivity contribution in [2.75, 3.05) is 33.9 Å². The molecule has 0 saturated heterocycles. The predicted molar refractivity (Wildman–Crippen MR) is 132 cm³/mol. The average Bonchev–Trinajstić information content (AvgIpc) is 3.10. The van der Waals surface area contributed by atoms with Crippen LogP contribution < -0.4 is 15.0 Å². The molecule has 4 rings (SSSR count). The molecule has 0 spiro atoms. The molecule has 1 aliphatic heterocycles. The molecule has 190 valence electrons. The molecular formula is C27H30FN3O5. The van der Waals surface area contributed by atoms with Crippen LogP contribution in [-0.2, 0) is 30.7 Å². The molecule has 0 atom stereocenters. The highest BCUT2D eigenvalue weighted by Gasteiger charge is 2.26. The molecule has 2 aromatic heterocycles. The van der Waals surface area contributed by atoms with E-state index < -0.39 is 11.8 Å². The number of esters is 1. The van der Waals surface area contributed by atoms with Crippen LogP contribution in [0.15, 0.2) is 53.6 Å². The zero-order valence-corrected chi connectivity index (χ0v) is 20.5. The van der Waals surface area contributed by atoms with Gasteiger partial charge in [0.25, 0.3) is 5.56 Å². The monoisotopic (exact) mass is 495 g/mol. The molecule has 1 aromatic carbocycles. The van der Waals surface area contributed by atoms with Crippen LogP contribution in [0.2, 0.25) is 0 Å². The van der Waals surface area contributed by atoms with Crippen LogP contribution in [0.4, 0.5) is 4.39 Å². The summed E-state index contributed by atoms with van der Waals surface area (Å²) in [6.45, 7) is 2.41. The first-order valence-corrected chi connectivity index (χ1v) is 11.9. The van der Waals surface area contributed by atoms with E-state index in [1.165, 1.54) is 26.4 Å². The van der Waals surface area contributed by atoms with Crippen LogP contribution in [0.3, 0.4) is 0 Å². The second-order valence-electron chi connectivity index (χ2n) is 8.62. The van der Waals surface area contributed by atoms with Gasteiger partial charge in [0.1, 0.15) is 11.3 Å². The molecule has 1 aliphatic rings. The van der Waals surface area contributed by atoms with Crippen molar-refractivity contribution in [1.29, 1.82) is 0 Å². The maximum atomic E-state index is 14.1. The Labute approximate surface area is 209 Å². The molecule has 0 amide bonds. The van der Waals surface area contributed by atoms with Gasteiger partial charge < -0.3 is 18.8 Å². The Morgan fingerprint density at radius 1 is 1.08 bits per heavy atom. The van der Waals surface area contributed by atoms with Gasteiger partial charge in [-0.3, -0.25) is 14.7 Å². The van der Waals surface area contributed by atoms with Gasteiger partial charge in [0.15, 0.2) is 11.6 Å². The SMILES string of the molecule is COC(=O)c1c(OCCCc2cccnc2)cc(=O)n2c1CCN(Cc1ccc(OC)c(F)c1)CC2. The summed E-state index contributed by atoms with van der Waals surface area (Å²) in [7, 11) is 2.75. The first-order chi connectivity index (χ1) is 17.5.